The van der Waals surface area contributed by atoms with Gasteiger partial charge >= 0.3 is 0 Å². The van der Waals surface area contributed by atoms with Crippen molar-refractivity contribution in [3.05, 3.63) is 40.2 Å². The van der Waals surface area contributed by atoms with E-state index in [-0.39, 0.29) is 11.3 Å². The molecule has 0 atom stereocenters. The molecule has 1 amide bonds. The fourth-order valence-corrected chi connectivity index (χ4v) is 1.92. The van der Waals surface area contributed by atoms with Crippen molar-refractivity contribution in [3.63, 3.8) is 0 Å². The lowest BCUT2D eigenvalue weighted by Gasteiger charge is -2.11. The van der Waals surface area contributed by atoms with Crippen LogP contribution in [0.1, 0.15) is 10.4 Å². The third kappa shape index (κ3) is 2.80. The standard InChI is InChI=1S/C14H17N3O3/c1-17(2)8-7-15-13(19)11-12(18)9-5-3-4-6-10(9)16-14(11)20/h3-6H,7-8H2,1-2H3,(H,15,19)(H2,16,18,20). The van der Waals surface area contributed by atoms with E-state index in [4.69, 9.17) is 0 Å². The van der Waals surface area contributed by atoms with E-state index in [0.29, 0.717) is 24.0 Å². The highest BCUT2D eigenvalue weighted by Crippen LogP contribution is 2.24. The second kappa shape index (κ2) is 5.75. The number of hydrogen-bond donors (Lipinski definition) is 3. The van der Waals surface area contributed by atoms with E-state index < -0.39 is 11.5 Å². The summed E-state index contributed by atoms with van der Waals surface area (Å²) < 4.78 is 0. The summed E-state index contributed by atoms with van der Waals surface area (Å²) in [6.45, 7) is 1.05. The molecule has 0 spiro atoms. The van der Waals surface area contributed by atoms with E-state index in [1.165, 1.54) is 0 Å². The number of H-pyrrole nitrogens is 1. The summed E-state index contributed by atoms with van der Waals surface area (Å²) in [5.74, 6) is -0.858. The number of nitrogens with one attached hydrogen (secondary N) is 2. The highest BCUT2D eigenvalue weighted by atomic mass is 16.3. The average molecular weight is 275 g/mol. The molecule has 2 rings (SSSR count). The second-order valence-corrected chi connectivity index (χ2v) is 4.78. The highest BCUT2D eigenvalue weighted by Gasteiger charge is 2.18. The zero-order chi connectivity index (χ0) is 14.7. The summed E-state index contributed by atoms with van der Waals surface area (Å²) in [7, 11) is 3.76. The van der Waals surface area contributed by atoms with E-state index >= 15 is 0 Å². The van der Waals surface area contributed by atoms with Crippen LogP contribution in [0, 0.1) is 0 Å². The average Bonchev–Trinajstić information content (AvgIpc) is 2.38. The summed E-state index contributed by atoms with van der Waals surface area (Å²) in [6, 6.07) is 6.80. The molecule has 6 heteroatoms. The number of hydrogen-bond acceptors (Lipinski definition) is 4. The van der Waals surface area contributed by atoms with Crippen LogP contribution in [0.3, 0.4) is 0 Å². The first-order valence-electron chi connectivity index (χ1n) is 6.27. The van der Waals surface area contributed by atoms with Crippen molar-refractivity contribution in [2.24, 2.45) is 0 Å². The number of rotatable bonds is 4. The molecule has 0 aliphatic carbocycles. The first-order valence-corrected chi connectivity index (χ1v) is 6.27. The van der Waals surface area contributed by atoms with Gasteiger partial charge in [-0.3, -0.25) is 9.59 Å². The molecule has 0 aliphatic heterocycles. The number of likely N-dealkylation sites (N-methyl/N-ethyl adjacent to an activating group) is 1. The van der Waals surface area contributed by atoms with Crippen LogP contribution in [-0.4, -0.2) is 48.1 Å². The minimum absolute atomic E-state index is 0.248. The van der Waals surface area contributed by atoms with E-state index in [1.807, 2.05) is 19.0 Å². The van der Waals surface area contributed by atoms with Gasteiger partial charge in [0.15, 0.2) is 0 Å². The number of benzene rings is 1. The van der Waals surface area contributed by atoms with Gasteiger partial charge in [-0.05, 0) is 26.2 Å². The molecule has 0 fully saturated rings. The maximum absolute atomic E-state index is 12.0. The van der Waals surface area contributed by atoms with E-state index in [9.17, 15) is 14.7 Å². The number of fused-ring (bicyclic) bond motifs is 1. The number of nitrogens with zero attached hydrogens (tertiary/aromatic N) is 1. The second-order valence-electron chi connectivity index (χ2n) is 4.78. The van der Waals surface area contributed by atoms with Crippen LogP contribution in [-0.2, 0) is 0 Å². The maximum Gasteiger partial charge on any atom is 0.265 e. The lowest BCUT2D eigenvalue weighted by molar-refractivity contribution is 0.0947. The lowest BCUT2D eigenvalue weighted by atomic mass is 10.1. The van der Waals surface area contributed by atoms with Crippen LogP contribution in [0.15, 0.2) is 29.1 Å². The molecule has 2 aromatic rings. The Morgan fingerprint density at radius 1 is 1.35 bits per heavy atom. The summed E-state index contributed by atoms with van der Waals surface area (Å²) >= 11 is 0. The van der Waals surface area contributed by atoms with Crippen molar-refractivity contribution in [2.45, 2.75) is 0 Å². The van der Waals surface area contributed by atoms with Crippen molar-refractivity contribution >= 4 is 16.8 Å². The quantitative estimate of drug-likeness (QED) is 0.759. The van der Waals surface area contributed by atoms with Gasteiger partial charge in [0.2, 0.25) is 0 Å². The van der Waals surface area contributed by atoms with Gasteiger partial charge < -0.3 is 20.3 Å². The summed E-state index contributed by atoms with van der Waals surface area (Å²) in [5, 5.41) is 13.2. The number of aromatic amines is 1. The van der Waals surface area contributed by atoms with Crippen LogP contribution in [0.25, 0.3) is 10.9 Å². The van der Waals surface area contributed by atoms with Gasteiger partial charge in [-0.1, -0.05) is 12.1 Å². The minimum atomic E-state index is -0.594. The van der Waals surface area contributed by atoms with E-state index in [0.717, 1.165) is 0 Å². The Morgan fingerprint density at radius 3 is 2.75 bits per heavy atom. The largest absolute Gasteiger partial charge is 0.506 e. The van der Waals surface area contributed by atoms with Gasteiger partial charge in [-0.15, -0.1) is 0 Å². The molecule has 0 bridgehead atoms. The van der Waals surface area contributed by atoms with Crippen LogP contribution >= 0.6 is 0 Å². The molecule has 0 unspecified atom stereocenters. The van der Waals surface area contributed by atoms with Gasteiger partial charge in [0, 0.05) is 18.5 Å². The number of pyridine rings is 1. The highest BCUT2D eigenvalue weighted by molar-refractivity contribution is 6.01. The lowest BCUT2D eigenvalue weighted by Crippen LogP contribution is -2.34. The van der Waals surface area contributed by atoms with Crippen LogP contribution in [0.5, 0.6) is 5.75 Å². The van der Waals surface area contributed by atoms with E-state index in [2.05, 4.69) is 10.3 Å². The molecule has 1 aromatic carbocycles. The predicted octanol–water partition coefficient (Wildman–Crippen LogP) is 0.525. The number of amides is 1. The van der Waals surface area contributed by atoms with Crippen molar-refractivity contribution in [1.82, 2.24) is 15.2 Å². The Balaban J connectivity index is 2.34. The monoisotopic (exact) mass is 275 g/mol. The van der Waals surface area contributed by atoms with Crippen LogP contribution in [0.4, 0.5) is 0 Å². The zero-order valence-electron chi connectivity index (χ0n) is 11.4. The third-order valence-electron chi connectivity index (χ3n) is 2.97. The predicted molar refractivity (Wildman–Crippen MR) is 77.1 cm³/mol. The molecule has 1 heterocycles. The molecular weight excluding hydrogens is 258 g/mol. The van der Waals surface area contributed by atoms with Gasteiger partial charge in [0.1, 0.15) is 11.3 Å². The smallest absolute Gasteiger partial charge is 0.265 e. The van der Waals surface area contributed by atoms with Gasteiger partial charge in [-0.25, -0.2) is 0 Å². The Labute approximate surface area is 116 Å². The van der Waals surface area contributed by atoms with E-state index in [1.54, 1.807) is 24.3 Å². The Hall–Kier alpha value is -2.34. The number of carbonyl (C=O) groups is 1. The first kappa shape index (κ1) is 14.1. The first-order chi connectivity index (χ1) is 9.50. The van der Waals surface area contributed by atoms with Gasteiger partial charge in [-0.2, -0.15) is 0 Å². The van der Waals surface area contributed by atoms with Crippen molar-refractivity contribution in [1.29, 1.82) is 0 Å². The topological polar surface area (TPSA) is 85.4 Å². The molecule has 106 valence electrons. The molecule has 1 aromatic heterocycles. The number of para-hydroxylation sites is 1. The zero-order valence-corrected chi connectivity index (χ0v) is 11.4. The molecule has 20 heavy (non-hydrogen) atoms. The third-order valence-corrected chi connectivity index (χ3v) is 2.97. The fourth-order valence-electron chi connectivity index (χ4n) is 1.92. The molecule has 0 saturated carbocycles. The molecule has 0 radical (unpaired) electrons. The summed E-state index contributed by atoms with van der Waals surface area (Å²) in [5.41, 5.74) is -0.342. The molecule has 0 saturated heterocycles. The summed E-state index contributed by atoms with van der Waals surface area (Å²) in [4.78, 5) is 28.4. The Bertz CT molecular complexity index is 692. The minimum Gasteiger partial charge on any atom is -0.506 e. The van der Waals surface area contributed by atoms with Gasteiger partial charge in [0.05, 0.1) is 5.52 Å². The maximum atomic E-state index is 12.0. The number of aromatic hydroxyl groups is 1. The number of aromatic nitrogens is 1. The van der Waals surface area contributed by atoms with Crippen LogP contribution in [0.2, 0.25) is 0 Å². The van der Waals surface area contributed by atoms with Crippen LogP contribution < -0.4 is 10.9 Å². The Morgan fingerprint density at radius 2 is 2.05 bits per heavy atom. The molecule has 0 aliphatic rings. The normalized spacial score (nSPS) is 10.9. The molecule has 6 nitrogen and oxygen atoms in total. The van der Waals surface area contributed by atoms with Gasteiger partial charge in [0.25, 0.3) is 11.5 Å². The summed E-state index contributed by atoms with van der Waals surface area (Å²) in [6.07, 6.45) is 0. The Kier molecular flexibility index (Phi) is 4.05. The fraction of sp³-hybridized carbons (Fsp3) is 0.286. The van der Waals surface area contributed by atoms with Crippen molar-refractivity contribution in [3.8, 4) is 5.75 Å². The number of carbonyl (C=O) groups excluding carboxylic acids is 1. The van der Waals surface area contributed by atoms with Crippen molar-refractivity contribution < 1.29 is 9.90 Å². The molecule has 3 N–H and O–H groups in total. The SMILES string of the molecule is CN(C)CCNC(=O)c1c(O)c2ccccc2[nH]c1=O. The van der Waals surface area contributed by atoms with Crippen molar-refractivity contribution in [2.75, 3.05) is 27.2 Å². The molecular formula is C14H17N3O3.